The number of benzene rings is 3. The Balaban J connectivity index is 1.64. The normalized spacial score (nSPS) is 14.5. The average Bonchev–Trinajstić information content (AvgIpc) is 3.10. The number of rotatable bonds is 6. The molecule has 0 aliphatic carbocycles. The smallest absolute Gasteiger partial charge is 0.343 e. The van der Waals surface area contributed by atoms with Gasteiger partial charge in [-0.15, -0.1) is 0 Å². The number of thioether (sulfide) groups is 1. The van der Waals surface area contributed by atoms with Crippen LogP contribution in [-0.2, 0) is 11.3 Å². The van der Waals surface area contributed by atoms with Crippen LogP contribution in [0.2, 0.25) is 5.02 Å². The summed E-state index contributed by atoms with van der Waals surface area (Å²) in [6, 6.07) is 15.9. The first-order valence-electron chi connectivity index (χ1n) is 10.4. The summed E-state index contributed by atoms with van der Waals surface area (Å²) in [6.07, 6.45) is 1.44. The van der Waals surface area contributed by atoms with Gasteiger partial charge >= 0.3 is 5.97 Å². The summed E-state index contributed by atoms with van der Waals surface area (Å²) in [5.41, 5.74) is 1.74. The van der Waals surface area contributed by atoms with Crippen molar-refractivity contribution >= 4 is 46.6 Å². The molecule has 1 aliphatic rings. The maximum Gasteiger partial charge on any atom is 0.343 e. The highest BCUT2D eigenvalue weighted by molar-refractivity contribution is 8.18. The van der Waals surface area contributed by atoms with Crippen LogP contribution in [0.1, 0.15) is 27.0 Å². The van der Waals surface area contributed by atoms with E-state index in [0.29, 0.717) is 22.9 Å². The third kappa shape index (κ3) is 5.23. The fraction of sp³-hybridized carbons (Fsp3) is 0.115. The molecule has 0 bridgehead atoms. The number of para-hydroxylation sites is 1. The first kappa shape index (κ1) is 24.5. The molecule has 0 radical (unpaired) electrons. The third-order valence-corrected chi connectivity index (χ3v) is 6.51. The van der Waals surface area contributed by atoms with Crippen molar-refractivity contribution in [3.8, 4) is 11.5 Å². The van der Waals surface area contributed by atoms with E-state index in [1.807, 2.05) is 6.92 Å². The lowest BCUT2D eigenvalue weighted by Crippen LogP contribution is -2.28. The minimum atomic E-state index is -0.613. The molecule has 3 aromatic rings. The Morgan fingerprint density at radius 2 is 1.80 bits per heavy atom. The number of hydrogen-bond donors (Lipinski definition) is 0. The van der Waals surface area contributed by atoms with Crippen molar-refractivity contribution in [1.29, 1.82) is 0 Å². The van der Waals surface area contributed by atoms with Crippen LogP contribution in [0.4, 0.5) is 9.18 Å². The van der Waals surface area contributed by atoms with Crippen molar-refractivity contribution in [2.45, 2.75) is 13.5 Å². The Bertz CT molecular complexity index is 1340. The minimum Gasteiger partial charge on any atom is -0.493 e. The van der Waals surface area contributed by atoms with Crippen molar-refractivity contribution in [2.75, 3.05) is 7.11 Å². The third-order valence-electron chi connectivity index (χ3n) is 5.25. The van der Waals surface area contributed by atoms with E-state index >= 15 is 0 Å². The Labute approximate surface area is 210 Å². The lowest BCUT2D eigenvalue weighted by Gasteiger charge is -2.14. The van der Waals surface area contributed by atoms with Crippen LogP contribution in [-0.4, -0.2) is 29.1 Å². The highest BCUT2D eigenvalue weighted by Crippen LogP contribution is 2.38. The largest absolute Gasteiger partial charge is 0.493 e. The zero-order chi connectivity index (χ0) is 25.1. The molecule has 35 heavy (non-hydrogen) atoms. The predicted molar refractivity (Wildman–Crippen MR) is 132 cm³/mol. The first-order valence-corrected chi connectivity index (χ1v) is 11.6. The van der Waals surface area contributed by atoms with Gasteiger partial charge in [-0.3, -0.25) is 14.5 Å². The zero-order valence-corrected chi connectivity index (χ0v) is 20.3. The minimum absolute atomic E-state index is 0.0480. The van der Waals surface area contributed by atoms with Gasteiger partial charge in [0.15, 0.2) is 11.5 Å². The summed E-state index contributed by atoms with van der Waals surface area (Å²) in [5.74, 6) is -1.45. The predicted octanol–water partition coefficient (Wildman–Crippen LogP) is 6.25. The van der Waals surface area contributed by atoms with Crippen LogP contribution >= 0.6 is 23.4 Å². The average molecular weight is 512 g/mol. The van der Waals surface area contributed by atoms with Crippen molar-refractivity contribution in [3.05, 3.63) is 98.7 Å². The molecule has 178 valence electrons. The highest BCUT2D eigenvalue weighted by atomic mass is 35.5. The van der Waals surface area contributed by atoms with E-state index in [9.17, 15) is 18.8 Å². The van der Waals surface area contributed by atoms with Gasteiger partial charge < -0.3 is 9.47 Å². The number of carbonyl (C=O) groups is 3. The van der Waals surface area contributed by atoms with Crippen molar-refractivity contribution in [2.24, 2.45) is 0 Å². The van der Waals surface area contributed by atoms with E-state index < -0.39 is 22.9 Å². The van der Waals surface area contributed by atoms with Gasteiger partial charge in [0.25, 0.3) is 11.1 Å². The van der Waals surface area contributed by atoms with E-state index in [1.165, 1.54) is 31.4 Å². The summed E-state index contributed by atoms with van der Waals surface area (Å²) in [4.78, 5) is 39.3. The van der Waals surface area contributed by atoms with Crippen LogP contribution in [0.3, 0.4) is 0 Å². The van der Waals surface area contributed by atoms with E-state index in [0.717, 1.165) is 10.5 Å². The second-order valence-electron chi connectivity index (χ2n) is 7.60. The van der Waals surface area contributed by atoms with Crippen molar-refractivity contribution in [1.82, 2.24) is 4.90 Å². The number of carbonyl (C=O) groups excluding carboxylic acids is 3. The molecule has 1 heterocycles. The molecule has 0 saturated carbocycles. The van der Waals surface area contributed by atoms with E-state index in [1.54, 1.807) is 42.5 Å². The fourth-order valence-corrected chi connectivity index (χ4v) is 4.43. The lowest BCUT2D eigenvalue weighted by molar-refractivity contribution is -0.123. The van der Waals surface area contributed by atoms with Gasteiger partial charge in [-0.05, 0) is 55.1 Å². The van der Waals surface area contributed by atoms with Gasteiger partial charge in [-0.1, -0.05) is 47.5 Å². The topological polar surface area (TPSA) is 72.9 Å². The number of amides is 2. The number of halogens is 2. The van der Waals surface area contributed by atoms with Crippen LogP contribution in [0.25, 0.3) is 6.08 Å². The number of hydrogen-bond acceptors (Lipinski definition) is 6. The molecule has 0 atom stereocenters. The first-order chi connectivity index (χ1) is 16.8. The lowest BCUT2D eigenvalue weighted by atomic mass is 10.1. The molecule has 1 fully saturated rings. The molecule has 0 spiro atoms. The molecule has 6 nitrogen and oxygen atoms in total. The summed E-state index contributed by atoms with van der Waals surface area (Å²) in [7, 11) is 1.42. The Hall–Kier alpha value is -3.62. The van der Waals surface area contributed by atoms with Gasteiger partial charge in [0.1, 0.15) is 5.82 Å². The molecular formula is C26H19ClFNO5S. The standard InChI is InChI=1S/C26H19ClFNO5S/c1-15-9-11-16(12-10-15)25(31)34-23-17(5-3-8-21(23)33-2)13-22-24(30)29(26(32)35-22)14-18-19(27)6-4-7-20(18)28/h3-13H,14H2,1-2H3/b22-13-. The maximum atomic E-state index is 14.2. The van der Waals surface area contributed by atoms with Gasteiger partial charge in [-0.2, -0.15) is 0 Å². The zero-order valence-electron chi connectivity index (χ0n) is 18.7. The Morgan fingerprint density at radius 1 is 1.09 bits per heavy atom. The van der Waals surface area contributed by atoms with Crippen LogP contribution in [0.5, 0.6) is 11.5 Å². The number of aryl methyl sites for hydroxylation is 1. The van der Waals surface area contributed by atoms with Gasteiger partial charge in [0, 0.05) is 16.1 Å². The summed E-state index contributed by atoms with van der Waals surface area (Å²) in [5, 5.41) is -0.451. The molecule has 0 aromatic heterocycles. The van der Waals surface area contributed by atoms with E-state index in [2.05, 4.69) is 0 Å². The Kier molecular flexibility index (Phi) is 7.23. The highest BCUT2D eigenvalue weighted by Gasteiger charge is 2.36. The number of ether oxygens (including phenoxy) is 2. The molecule has 1 saturated heterocycles. The quantitative estimate of drug-likeness (QED) is 0.221. The van der Waals surface area contributed by atoms with Crippen molar-refractivity contribution in [3.63, 3.8) is 0 Å². The SMILES string of the molecule is COc1cccc(/C=C2\SC(=O)N(Cc3c(F)cccc3Cl)C2=O)c1OC(=O)c1ccc(C)cc1. The monoisotopic (exact) mass is 511 g/mol. The van der Waals surface area contributed by atoms with Crippen LogP contribution in [0.15, 0.2) is 65.6 Å². The van der Waals surface area contributed by atoms with Gasteiger partial charge in [0.05, 0.1) is 24.1 Å². The summed E-state index contributed by atoms with van der Waals surface area (Å²) < 4.78 is 25.2. The molecule has 2 amide bonds. The Morgan fingerprint density at radius 3 is 2.49 bits per heavy atom. The van der Waals surface area contributed by atoms with Gasteiger partial charge in [-0.25, -0.2) is 9.18 Å². The second kappa shape index (κ2) is 10.3. The fourth-order valence-electron chi connectivity index (χ4n) is 3.38. The van der Waals surface area contributed by atoms with Crippen molar-refractivity contribution < 1.29 is 28.2 Å². The number of imide groups is 1. The van der Waals surface area contributed by atoms with E-state index in [4.69, 9.17) is 21.1 Å². The molecule has 3 aromatic carbocycles. The van der Waals surface area contributed by atoms with E-state index in [-0.39, 0.29) is 33.5 Å². The summed E-state index contributed by atoms with van der Waals surface area (Å²) >= 11 is 6.76. The number of nitrogens with zero attached hydrogens (tertiary/aromatic N) is 1. The molecular weight excluding hydrogens is 493 g/mol. The number of esters is 1. The molecule has 4 rings (SSSR count). The molecule has 1 aliphatic heterocycles. The summed E-state index contributed by atoms with van der Waals surface area (Å²) in [6.45, 7) is 1.60. The maximum absolute atomic E-state index is 14.2. The molecule has 9 heteroatoms. The van der Waals surface area contributed by atoms with Gasteiger partial charge in [0.2, 0.25) is 0 Å². The number of methoxy groups -OCH3 is 1. The van der Waals surface area contributed by atoms with Crippen LogP contribution < -0.4 is 9.47 Å². The molecule has 0 N–H and O–H groups in total. The molecule has 0 unspecified atom stereocenters. The van der Waals surface area contributed by atoms with Crippen LogP contribution in [0, 0.1) is 12.7 Å². The second-order valence-corrected chi connectivity index (χ2v) is 9.00.